The molecule has 0 saturated carbocycles. The topological polar surface area (TPSA) is 51.8 Å². The van der Waals surface area contributed by atoms with Gasteiger partial charge in [0.25, 0.3) is 0 Å². The number of aromatic nitrogens is 2. The van der Waals surface area contributed by atoms with E-state index in [0.717, 1.165) is 10.9 Å². The van der Waals surface area contributed by atoms with Crippen LogP contribution in [0, 0.1) is 0 Å². The van der Waals surface area contributed by atoms with Gasteiger partial charge in [-0.1, -0.05) is 11.6 Å². The summed E-state index contributed by atoms with van der Waals surface area (Å²) < 4.78 is 0. The fourth-order valence-corrected chi connectivity index (χ4v) is 1.21. The molecule has 0 saturated heterocycles. The Balaban J connectivity index is 2.86. The maximum atomic E-state index is 5.70. The molecule has 2 aromatic rings. The summed E-state index contributed by atoms with van der Waals surface area (Å²) in [6.07, 6.45) is 1.61. The van der Waals surface area contributed by atoms with E-state index in [2.05, 4.69) is 9.97 Å². The van der Waals surface area contributed by atoms with E-state index in [1.807, 2.05) is 6.07 Å². The highest BCUT2D eigenvalue weighted by Gasteiger charge is 1.99. The summed E-state index contributed by atoms with van der Waals surface area (Å²) in [7, 11) is 0. The Morgan fingerprint density at radius 3 is 2.92 bits per heavy atom. The largest absolute Gasteiger partial charge is 0.383 e. The van der Waals surface area contributed by atoms with Gasteiger partial charge in [0.2, 0.25) is 0 Å². The van der Waals surface area contributed by atoms with Crippen LogP contribution in [0.1, 0.15) is 0 Å². The number of pyridine rings is 2. The number of rotatable bonds is 0. The average molecular weight is 180 g/mol. The predicted octanol–water partition coefficient (Wildman–Crippen LogP) is 1.87. The fraction of sp³-hybridized carbons (Fsp3) is 0. The molecule has 2 aromatic heterocycles. The molecule has 0 fully saturated rings. The zero-order valence-corrected chi connectivity index (χ0v) is 6.92. The van der Waals surface area contributed by atoms with Crippen molar-refractivity contribution < 1.29 is 0 Å². The number of nitrogen functional groups attached to an aromatic ring is 1. The molecule has 0 spiro atoms. The van der Waals surface area contributed by atoms with Crippen molar-refractivity contribution in [3.8, 4) is 0 Å². The standard InChI is InChI=1S/C8H6ClN3/c9-7-2-1-5-6(12-7)3-4-11-8(5)10/h1-4H,(H2,10,11). The third-order valence-electron chi connectivity index (χ3n) is 1.61. The van der Waals surface area contributed by atoms with Crippen LogP contribution in [-0.4, -0.2) is 9.97 Å². The second kappa shape index (κ2) is 2.60. The van der Waals surface area contributed by atoms with Gasteiger partial charge in [-0.25, -0.2) is 9.97 Å². The molecule has 0 bridgehead atoms. The van der Waals surface area contributed by atoms with Gasteiger partial charge in [-0.3, -0.25) is 0 Å². The zero-order chi connectivity index (χ0) is 8.55. The van der Waals surface area contributed by atoms with E-state index in [4.69, 9.17) is 17.3 Å². The highest BCUT2D eigenvalue weighted by molar-refractivity contribution is 6.29. The lowest BCUT2D eigenvalue weighted by Crippen LogP contribution is -1.91. The third-order valence-corrected chi connectivity index (χ3v) is 1.82. The van der Waals surface area contributed by atoms with E-state index < -0.39 is 0 Å². The van der Waals surface area contributed by atoms with E-state index in [0.29, 0.717) is 11.0 Å². The number of hydrogen-bond donors (Lipinski definition) is 1. The second-order valence-corrected chi connectivity index (χ2v) is 2.78. The Morgan fingerprint density at radius 1 is 1.25 bits per heavy atom. The SMILES string of the molecule is Nc1nccc2nc(Cl)ccc12. The molecular formula is C8H6ClN3. The number of hydrogen-bond acceptors (Lipinski definition) is 3. The highest BCUT2D eigenvalue weighted by Crippen LogP contribution is 2.18. The van der Waals surface area contributed by atoms with Gasteiger partial charge < -0.3 is 5.73 Å². The van der Waals surface area contributed by atoms with Crippen LogP contribution in [0.4, 0.5) is 5.82 Å². The van der Waals surface area contributed by atoms with Gasteiger partial charge in [-0.05, 0) is 18.2 Å². The minimum Gasteiger partial charge on any atom is -0.383 e. The average Bonchev–Trinajstić information content (AvgIpc) is 2.04. The molecule has 2 N–H and O–H groups in total. The van der Waals surface area contributed by atoms with Crippen molar-refractivity contribution in [2.75, 3.05) is 5.73 Å². The van der Waals surface area contributed by atoms with Gasteiger partial charge in [0.15, 0.2) is 0 Å². The normalized spacial score (nSPS) is 10.4. The van der Waals surface area contributed by atoms with Crippen molar-refractivity contribution in [2.45, 2.75) is 0 Å². The van der Waals surface area contributed by atoms with Crippen molar-refractivity contribution in [1.29, 1.82) is 0 Å². The number of nitrogens with zero attached hydrogens (tertiary/aromatic N) is 2. The molecule has 0 aliphatic rings. The summed E-state index contributed by atoms with van der Waals surface area (Å²) in [6.45, 7) is 0. The lowest BCUT2D eigenvalue weighted by atomic mass is 10.2. The van der Waals surface area contributed by atoms with E-state index in [9.17, 15) is 0 Å². The quantitative estimate of drug-likeness (QED) is 0.628. The summed E-state index contributed by atoms with van der Waals surface area (Å²) in [5.74, 6) is 0.483. The lowest BCUT2D eigenvalue weighted by molar-refractivity contribution is 1.33. The van der Waals surface area contributed by atoms with Crippen molar-refractivity contribution in [2.24, 2.45) is 0 Å². The van der Waals surface area contributed by atoms with Crippen molar-refractivity contribution in [1.82, 2.24) is 9.97 Å². The van der Waals surface area contributed by atoms with Gasteiger partial charge in [0.1, 0.15) is 11.0 Å². The van der Waals surface area contributed by atoms with Crippen LogP contribution in [0.2, 0.25) is 5.15 Å². The first-order valence-corrected chi connectivity index (χ1v) is 3.82. The van der Waals surface area contributed by atoms with Crippen LogP contribution in [-0.2, 0) is 0 Å². The predicted molar refractivity (Wildman–Crippen MR) is 49.0 cm³/mol. The van der Waals surface area contributed by atoms with Crippen LogP contribution in [0.15, 0.2) is 24.4 Å². The molecule has 3 nitrogen and oxygen atoms in total. The second-order valence-electron chi connectivity index (χ2n) is 2.40. The molecule has 0 atom stereocenters. The first-order valence-electron chi connectivity index (χ1n) is 3.44. The molecular weight excluding hydrogens is 174 g/mol. The Morgan fingerprint density at radius 2 is 2.08 bits per heavy atom. The monoisotopic (exact) mass is 179 g/mol. The summed E-state index contributed by atoms with van der Waals surface area (Å²) in [4.78, 5) is 8.01. The van der Waals surface area contributed by atoms with E-state index in [1.54, 1.807) is 18.3 Å². The molecule has 4 heteroatoms. The first-order chi connectivity index (χ1) is 5.77. The number of anilines is 1. The Bertz CT molecular complexity index is 428. The zero-order valence-electron chi connectivity index (χ0n) is 6.16. The smallest absolute Gasteiger partial charge is 0.132 e. The molecule has 0 unspecified atom stereocenters. The van der Waals surface area contributed by atoms with Gasteiger partial charge in [-0.15, -0.1) is 0 Å². The van der Waals surface area contributed by atoms with Crippen LogP contribution in [0.25, 0.3) is 10.9 Å². The maximum Gasteiger partial charge on any atom is 0.132 e. The highest BCUT2D eigenvalue weighted by atomic mass is 35.5. The molecule has 12 heavy (non-hydrogen) atoms. The van der Waals surface area contributed by atoms with Gasteiger partial charge >= 0.3 is 0 Å². The van der Waals surface area contributed by atoms with E-state index in [1.165, 1.54) is 0 Å². The van der Waals surface area contributed by atoms with Gasteiger partial charge in [0, 0.05) is 11.6 Å². The minimum absolute atomic E-state index is 0.466. The first kappa shape index (κ1) is 7.31. The molecule has 0 aromatic carbocycles. The summed E-state index contributed by atoms with van der Waals surface area (Å²) in [6, 6.07) is 5.28. The molecule has 0 amide bonds. The Labute approximate surface area is 74.2 Å². The third kappa shape index (κ3) is 1.08. The molecule has 60 valence electrons. The summed E-state index contributed by atoms with van der Waals surface area (Å²) in [5, 5.41) is 1.30. The molecule has 0 aliphatic heterocycles. The van der Waals surface area contributed by atoms with Gasteiger partial charge in [0.05, 0.1) is 5.52 Å². The Kier molecular flexibility index (Phi) is 1.59. The summed E-state index contributed by atoms with van der Waals surface area (Å²) in [5.41, 5.74) is 6.39. The van der Waals surface area contributed by atoms with Crippen molar-refractivity contribution >= 4 is 28.3 Å². The van der Waals surface area contributed by atoms with Crippen LogP contribution in [0.5, 0.6) is 0 Å². The van der Waals surface area contributed by atoms with Crippen LogP contribution < -0.4 is 5.73 Å². The fourth-order valence-electron chi connectivity index (χ4n) is 1.05. The van der Waals surface area contributed by atoms with E-state index in [-0.39, 0.29) is 0 Å². The lowest BCUT2D eigenvalue weighted by Gasteiger charge is -1.98. The van der Waals surface area contributed by atoms with Gasteiger partial charge in [-0.2, -0.15) is 0 Å². The Hall–Kier alpha value is -1.35. The minimum atomic E-state index is 0.466. The van der Waals surface area contributed by atoms with Crippen LogP contribution >= 0.6 is 11.6 Å². The van der Waals surface area contributed by atoms with Crippen LogP contribution in [0.3, 0.4) is 0 Å². The summed E-state index contributed by atoms with van der Waals surface area (Å²) >= 11 is 5.70. The molecule has 2 rings (SSSR count). The molecule has 0 aliphatic carbocycles. The van der Waals surface area contributed by atoms with Crippen molar-refractivity contribution in [3.05, 3.63) is 29.5 Å². The van der Waals surface area contributed by atoms with Crippen molar-refractivity contribution in [3.63, 3.8) is 0 Å². The number of nitrogens with two attached hydrogens (primary N) is 1. The molecule has 2 heterocycles. The molecule has 0 radical (unpaired) electrons. The van der Waals surface area contributed by atoms with E-state index >= 15 is 0 Å². The maximum absolute atomic E-state index is 5.70. The number of halogens is 1. The number of fused-ring (bicyclic) bond motifs is 1.